The molecule has 0 N–H and O–H groups in total. The molecule has 0 amide bonds. The van der Waals surface area contributed by atoms with E-state index in [4.69, 9.17) is 4.98 Å². The molecule has 8 rings (SSSR count). The second-order valence-electron chi connectivity index (χ2n) is 13.3. The van der Waals surface area contributed by atoms with Crippen LogP contribution in [-0.2, 0) is 0 Å². The van der Waals surface area contributed by atoms with Crippen LogP contribution in [0.1, 0.15) is 22.3 Å². The van der Waals surface area contributed by atoms with E-state index in [0.29, 0.717) is 0 Å². The Bertz CT molecular complexity index is 2220. The van der Waals surface area contributed by atoms with Crippen molar-refractivity contribution in [3.63, 3.8) is 0 Å². The van der Waals surface area contributed by atoms with Crippen LogP contribution in [0.15, 0.2) is 170 Å². The van der Waals surface area contributed by atoms with Crippen LogP contribution in [0, 0.1) is 27.7 Å². The molecule has 1 heterocycles. The number of anilines is 6. The first-order valence-electron chi connectivity index (χ1n) is 17.5. The van der Waals surface area contributed by atoms with Crippen molar-refractivity contribution in [2.24, 2.45) is 0 Å². The largest absolute Gasteiger partial charge is 0.310 e. The summed E-state index contributed by atoms with van der Waals surface area (Å²) >= 11 is 0. The molecule has 7 aromatic carbocycles. The zero-order valence-corrected chi connectivity index (χ0v) is 29.5. The van der Waals surface area contributed by atoms with E-state index in [1.165, 1.54) is 22.3 Å². The number of hydrogen-bond acceptors (Lipinski definition) is 3. The number of fused-ring (bicyclic) bond motifs is 1. The molecule has 0 unspecified atom stereocenters. The smallest absolute Gasteiger partial charge is 0.145 e. The van der Waals surface area contributed by atoms with Gasteiger partial charge in [-0.15, -0.1) is 0 Å². The van der Waals surface area contributed by atoms with Crippen molar-refractivity contribution >= 4 is 45.2 Å². The highest BCUT2D eigenvalue weighted by atomic mass is 15.2. The molecule has 0 fully saturated rings. The average Bonchev–Trinajstić information content (AvgIpc) is 3.55. The van der Waals surface area contributed by atoms with Crippen LogP contribution in [0.5, 0.6) is 0 Å². The number of aromatic nitrogens is 2. The molecule has 0 radical (unpaired) electrons. The predicted molar refractivity (Wildman–Crippen MR) is 215 cm³/mol. The summed E-state index contributed by atoms with van der Waals surface area (Å²) in [6.07, 6.45) is 0. The number of benzene rings is 7. The van der Waals surface area contributed by atoms with Gasteiger partial charge in [-0.1, -0.05) is 101 Å². The highest BCUT2D eigenvalue weighted by molar-refractivity contribution is 5.89. The van der Waals surface area contributed by atoms with Crippen LogP contribution in [0.2, 0.25) is 0 Å². The first kappa shape index (κ1) is 31.9. The van der Waals surface area contributed by atoms with E-state index in [0.717, 1.165) is 62.2 Å². The monoisotopic (exact) mass is 660 g/mol. The summed E-state index contributed by atoms with van der Waals surface area (Å²) < 4.78 is 2.28. The van der Waals surface area contributed by atoms with Gasteiger partial charge in [0.05, 0.1) is 11.0 Å². The standard InChI is InChI=1S/C47H40N4/c1-33-14-22-39(23-15-33)49(40-24-16-34(2)17-25-40)43-30-37(47-48-45-12-8-9-13-46(45)51(47)38-10-6-5-7-11-38)31-44(32-43)50(41-26-18-35(3)19-27-41)42-28-20-36(4)21-29-42/h5-32H,1-4H3. The number of rotatable bonds is 8. The van der Waals surface area contributed by atoms with Gasteiger partial charge in [0.25, 0.3) is 0 Å². The average molecular weight is 661 g/mol. The Morgan fingerprint density at radius 3 is 1.22 bits per heavy atom. The lowest BCUT2D eigenvalue weighted by Gasteiger charge is -2.30. The summed E-state index contributed by atoms with van der Waals surface area (Å²) in [5.41, 5.74) is 15.4. The second-order valence-corrected chi connectivity index (χ2v) is 13.3. The van der Waals surface area contributed by atoms with Gasteiger partial charge in [-0.05, 0) is 119 Å². The van der Waals surface area contributed by atoms with Crippen molar-refractivity contribution < 1.29 is 0 Å². The summed E-state index contributed by atoms with van der Waals surface area (Å²) in [6, 6.07) is 60.9. The van der Waals surface area contributed by atoms with Gasteiger partial charge in [0.1, 0.15) is 5.82 Å². The normalized spacial score (nSPS) is 11.1. The second kappa shape index (κ2) is 13.5. The fourth-order valence-corrected chi connectivity index (χ4v) is 6.71. The van der Waals surface area contributed by atoms with Gasteiger partial charge in [-0.3, -0.25) is 4.57 Å². The molecule has 248 valence electrons. The minimum absolute atomic E-state index is 0.881. The third-order valence-corrected chi connectivity index (χ3v) is 9.42. The van der Waals surface area contributed by atoms with Crippen LogP contribution in [0.25, 0.3) is 28.1 Å². The molecule has 8 aromatic rings. The Balaban J connectivity index is 1.44. The number of hydrogen-bond donors (Lipinski definition) is 0. The zero-order chi connectivity index (χ0) is 34.9. The maximum atomic E-state index is 5.32. The van der Waals surface area contributed by atoms with Crippen molar-refractivity contribution in [1.82, 2.24) is 9.55 Å². The summed E-state index contributed by atoms with van der Waals surface area (Å²) in [4.78, 5) is 10.0. The van der Waals surface area contributed by atoms with E-state index in [9.17, 15) is 0 Å². The predicted octanol–water partition coefficient (Wildman–Crippen LogP) is 12.9. The van der Waals surface area contributed by atoms with Crippen LogP contribution in [0.4, 0.5) is 34.1 Å². The maximum absolute atomic E-state index is 5.32. The molecule has 0 spiro atoms. The van der Waals surface area contributed by atoms with Crippen molar-refractivity contribution in [3.8, 4) is 17.1 Å². The summed E-state index contributed by atoms with van der Waals surface area (Å²) in [6.45, 7) is 8.53. The number of para-hydroxylation sites is 3. The highest BCUT2D eigenvalue weighted by Gasteiger charge is 2.22. The van der Waals surface area contributed by atoms with Gasteiger partial charge in [-0.2, -0.15) is 0 Å². The molecule has 0 aliphatic heterocycles. The van der Waals surface area contributed by atoms with Crippen molar-refractivity contribution in [3.05, 3.63) is 192 Å². The molecule has 0 bridgehead atoms. The van der Waals surface area contributed by atoms with E-state index in [2.05, 4.69) is 212 Å². The fourth-order valence-electron chi connectivity index (χ4n) is 6.71. The first-order chi connectivity index (χ1) is 24.9. The third kappa shape index (κ3) is 6.40. The quantitative estimate of drug-likeness (QED) is 0.162. The van der Waals surface area contributed by atoms with Gasteiger partial charge in [0.2, 0.25) is 0 Å². The molecule has 0 saturated carbocycles. The number of nitrogens with zero attached hydrogens (tertiary/aromatic N) is 4. The van der Waals surface area contributed by atoms with Crippen molar-refractivity contribution in [1.29, 1.82) is 0 Å². The van der Waals surface area contributed by atoms with E-state index in [1.54, 1.807) is 0 Å². The molecule has 0 atom stereocenters. The van der Waals surface area contributed by atoms with Crippen LogP contribution < -0.4 is 9.80 Å². The molecule has 0 saturated heterocycles. The molecule has 0 aliphatic carbocycles. The highest BCUT2D eigenvalue weighted by Crippen LogP contribution is 2.44. The molecule has 4 nitrogen and oxygen atoms in total. The Hall–Kier alpha value is -6.39. The lowest BCUT2D eigenvalue weighted by Crippen LogP contribution is -2.14. The number of aryl methyl sites for hydroxylation is 4. The van der Waals surface area contributed by atoms with Crippen LogP contribution in [-0.4, -0.2) is 9.55 Å². The maximum Gasteiger partial charge on any atom is 0.145 e. The Morgan fingerprint density at radius 2 is 0.784 bits per heavy atom. The SMILES string of the molecule is Cc1ccc(N(c2ccc(C)cc2)c2cc(-c3nc4ccccc4n3-c3ccccc3)cc(N(c3ccc(C)cc3)c3ccc(C)cc3)c2)cc1. The fraction of sp³-hybridized carbons (Fsp3) is 0.0851. The first-order valence-corrected chi connectivity index (χ1v) is 17.5. The molecule has 51 heavy (non-hydrogen) atoms. The van der Waals surface area contributed by atoms with Gasteiger partial charge >= 0.3 is 0 Å². The molecule has 0 aliphatic rings. The van der Waals surface area contributed by atoms with Gasteiger partial charge in [-0.25, -0.2) is 4.98 Å². The topological polar surface area (TPSA) is 24.3 Å². The molecule has 4 heteroatoms. The lowest BCUT2D eigenvalue weighted by atomic mass is 10.1. The number of imidazole rings is 1. The van der Waals surface area contributed by atoms with Gasteiger partial charge in [0, 0.05) is 45.4 Å². The van der Waals surface area contributed by atoms with E-state index < -0.39 is 0 Å². The summed E-state index contributed by atoms with van der Waals surface area (Å²) in [5.74, 6) is 0.881. The van der Waals surface area contributed by atoms with Gasteiger partial charge in [0.15, 0.2) is 0 Å². The van der Waals surface area contributed by atoms with Crippen molar-refractivity contribution in [2.45, 2.75) is 27.7 Å². The molecular formula is C47H40N4. The zero-order valence-electron chi connectivity index (χ0n) is 29.5. The molecule has 1 aromatic heterocycles. The van der Waals surface area contributed by atoms with E-state index >= 15 is 0 Å². The van der Waals surface area contributed by atoms with Crippen molar-refractivity contribution in [2.75, 3.05) is 9.80 Å². The van der Waals surface area contributed by atoms with E-state index in [-0.39, 0.29) is 0 Å². The van der Waals surface area contributed by atoms with Crippen LogP contribution in [0.3, 0.4) is 0 Å². The van der Waals surface area contributed by atoms with E-state index in [1.807, 2.05) is 0 Å². The molecular weight excluding hydrogens is 621 g/mol. The summed E-state index contributed by atoms with van der Waals surface area (Å²) in [5, 5.41) is 0. The Labute approximate surface area is 300 Å². The van der Waals surface area contributed by atoms with Crippen LogP contribution >= 0.6 is 0 Å². The Morgan fingerprint density at radius 1 is 0.392 bits per heavy atom. The minimum Gasteiger partial charge on any atom is -0.310 e. The van der Waals surface area contributed by atoms with Gasteiger partial charge < -0.3 is 9.80 Å². The third-order valence-electron chi connectivity index (χ3n) is 9.42. The Kier molecular flexibility index (Phi) is 8.43. The lowest BCUT2D eigenvalue weighted by molar-refractivity contribution is 1.10. The minimum atomic E-state index is 0.881. The summed E-state index contributed by atoms with van der Waals surface area (Å²) in [7, 11) is 0.